The lowest BCUT2D eigenvalue weighted by Gasteiger charge is -2.13. The van der Waals surface area contributed by atoms with Crippen LogP contribution in [0.2, 0.25) is 5.02 Å². The molecule has 0 spiro atoms. The minimum atomic E-state index is -0.270. The van der Waals surface area contributed by atoms with E-state index >= 15 is 0 Å². The van der Waals surface area contributed by atoms with Crippen LogP contribution in [0.1, 0.15) is 45.5 Å². The Labute approximate surface area is 127 Å². The Kier molecular flexibility index (Phi) is 4.45. The van der Waals surface area contributed by atoms with Gasteiger partial charge in [-0.1, -0.05) is 18.5 Å². The van der Waals surface area contributed by atoms with E-state index in [4.69, 9.17) is 11.6 Å². The SMILES string of the molecule is CC[C@@H](NC(=O)c1nn(C)cc1Cl)c1nc(C)c(C)s1. The van der Waals surface area contributed by atoms with E-state index in [0.717, 1.165) is 17.1 Å². The third-order valence-electron chi connectivity index (χ3n) is 3.06. The van der Waals surface area contributed by atoms with Crippen LogP contribution in [0, 0.1) is 13.8 Å². The van der Waals surface area contributed by atoms with Gasteiger partial charge < -0.3 is 5.32 Å². The highest BCUT2D eigenvalue weighted by Crippen LogP contribution is 2.25. The van der Waals surface area contributed by atoms with Gasteiger partial charge in [-0.3, -0.25) is 9.48 Å². The molecule has 0 aliphatic heterocycles. The highest BCUT2D eigenvalue weighted by atomic mass is 35.5. The topological polar surface area (TPSA) is 59.8 Å². The number of aromatic nitrogens is 3. The Bertz CT molecular complexity index is 615. The summed E-state index contributed by atoms with van der Waals surface area (Å²) in [7, 11) is 1.73. The molecule has 0 aliphatic rings. The third kappa shape index (κ3) is 3.02. The lowest BCUT2D eigenvalue weighted by atomic mass is 10.2. The molecule has 0 bridgehead atoms. The molecule has 2 heterocycles. The Morgan fingerprint density at radius 2 is 2.25 bits per heavy atom. The third-order valence-corrected chi connectivity index (χ3v) is 4.52. The van der Waals surface area contributed by atoms with Crippen LogP contribution in [0.15, 0.2) is 6.20 Å². The maximum absolute atomic E-state index is 12.2. The van der Waals surface area contributed by atoms with Crippen LogP contribution in [0.25, 0.3) is 0 Å². The molecule has 2 rings (SSSR count). The van der Waals surface area contributed by atoms with Crippen molar-refractivity contribution in [1.29, 1.82) is 0 Å². The summed E-state index contributed by atoms with van der Waals surface area (Å²) in [6.45, 7) is 6.01. The first kappa shape index (κ1) is 15.0. The zero-order valence-electron chi connectivity index (χ0n) is 11.9. The second-order valence-corrected chi connectivity index (χ2v) is 6.27. The van der Waals surface area contributed by atoms with Gasteiger partial charge in [0.25, 0.3) is 5.91 Å². The van der Waals surface area contributed by atoms with Crippen LogP contribution in [0.3, 0.4) is 0 Å². The molecule has 0 unspecified atom stereocenters. The lowest BCUT2D eigenvalue weighted by molar-refractivity contribution is 0.0930. The van der Waals surface area contributed by atoms with Gasteiger partial charge in [-0.25, -0.2) is 4.98 Å². The molecule has 20 heavy (non-hydrogen) atoms. The molecular weight excluding hydrogens is 296 g/mol. The molecule has 0 saturated carbocycles. The van der Waals surface area contributed by atoms with Crippen molar-refractivity contribution >= 4 is 28.8 Å². The molecule has 0 saturated heterocycles. The van der Waals surface area contributed by atoms with Crippen molar-refractivity contribution < 1.29 is 4.79 Å². The number of nitrogens with one attached hydrogen (secondary N) is 1. The molecule has 1 atom stereocenters. The van der Waals surface area contributed by atoms with Crippen LogP contribution in [-0.2, 0) is 7.05 Å². The van der Waals surface area contributed by atoms with Gasteiger partial charge in [0.15, 0.2) is 5.69 Å². The number of halogens is 1. The van der Waals surface area contributed by atoms with E-state index in [1.165, 1.54) is 9.56 Å². The average molecular weight is 313 g/mol. The van der Waals surface area contributed by atoms with E-state index < -0.39 is 0 Å². The summed E-state index contributed by atoms with van der Waals surface area (Å²) in [6.07, 6.45) is 2.37. The lowest BCUT2D eigenvalue weighted by Crippen LogP contribution is -2.28. The van der Waals surface area contributed by atoms with Crippen LogP contribution < -0.4 is 5.32 Å². The fraction of sp³-hybridized carbons (Fsp3) is 0.462. The van der Waals surface area contributed by atoms with Gasteiger partial charge in [-0.2, -0.15) is 5.10 Å². The number of rotatable bonds is 4. The van der Waals surface area contributed by atoms with Crippen molar-refractivity contribution in [3.63, 3.8) is 0 Å². The predicted octanol–water partition coefficient (Wildman–Crippen LogP) is 3.03. The molecular formula is C13H17ClN4OS. The van der Waals surface area contributed by atoms with Crippen LogP contribution in [0.5, 0.6) is 0 Å². The zero-order valence-corrected chi connectivity index (χ0v) is 13.5. The maximum atomic E-state index is 12.2. The van der Waals surface area contributed by atoms with E-state index in [9.17, 15) is 4.79 Å². The largest absolute Gasteiger partial charge is 0.341 e. The molecule has 0 aliphatic carbocycles. The Balaban J connectivity index is 2.18. The number of hydrogen-bond donors (Lipinski definition) is 1. The summed E-state index contributed by atoms with van der Waals surface area (Å²) in [5.41, 5.74) is 1.26. The standard InChI is InChI=1S/C13H17ClN4OS/c1-5-10(13-15-7(2)8(3)20-13)16-12(19)11-9(14)6-18(4)17-11/h6,10H,5H2,1-4H3,(H,16,19)/t10-/m1/s1. The quantitative estimate of drug-likeness (QED) is 0.944. The Hall–Kier alpha value is -1.40. The number of thiazole rings is 1. The number of carbonyl (C=O) groups excluding carboxylic acids is 1. The number of nitrogens with zero attached hydrogens (tertiary/aromatic N) is 3. The molecule has 0 radical (unpaired) electrons. The van der Waals surface area contributed by atoms with Crippen LogP contribution in [0.4, 0.5) is 0 Å². The summed E-state index contributed by atoms with van der Waals surface area (Å²) in [4.78, 5) is 17.9. The highest BCUT2D eigenvalue weighted by Gasteiger charge is 2.21. The first-order valence-corrected chi connectivity index (χ1v) is 7.55. The first-order valence-electron chi connectivity index (χ1n) is 6.36. The van der Waals surface area contributed by atoms with Crippen molar-refractivity contribution in [3.05, 3.63) is 32.5 Å². The Morgan fingerprint density at radius 1 is 1.55 bits per heavy atom. The predicted molar refractivity (Wildman–Crippen MR) is 80.3 cm³/mol. The molecule has 5 nitrogen and oxygen atoms in total. The number of hydrogen-bond acceptors (Lipinski definition) is 4. The molecule has 108 valence electrons. The van der Waals surface area contributed by atoms with E-state index in [1.54, 1.807) is 24.6 Å². The summed E-state index contributed by atoms with van der Waals surface area (Å²) in [5, 5.41) is 8.28. The van der Waals surface area contributed by atoms with Gasteiger partial charge in [0.05, 0.1) is 16.8 Å². The normalized spacial score (nSPS) is 12.4. The average Bonchev–Trinajstić information content (AvgIpc) is 2.89. The second-order valence-electron chi connectivity index (χ2n) is 4.63. The zero-order chi connectivity index (χ0) is 14.9. The number of amides is 1. The number of aryl methyl sites for hydroxylation is 3. The van der Waals surface area contributed by atoms with Gasteiger partial charge >= 0.3 is 0 Å². The van der Waals surface area contributed by atoms with Gasteiger partial charge in [0, 0.05) is 18.1 Å². The van der Waals surface area contributed by atoms with Crippen molar-refractivity contribution in [2.24, 2.45) is 7.05 Å². The fourth-order valence-electron chi connectivity index (χ4n) is 1.83. The minimum absolute atomic E-state index is 0.113. The molecule has 1 N–H and O–H groups in total. The molecule has 0 fully saturated rings. The van der Waals surface area contributed by atoms with Gasteiger partial charge in [0.1, 0.15) is 5.01 Å². The van der Waals surface area contributed by atoms with E-state index in [0.29, 0.717) is 5.02 Å². The highest BCUT2D eigenvalue weighted by molar-refractivity contribution is 7.11. The monoisotopic (exact) mass is 312 g/mol. The van der Waals surface area contributed by atoms with Crippen molar-refractivity contribution in [3.8, 4) is 0 Å². The molecule has 7 heteroatoms. The van der Waals surface area contributed by atoms with Gasteiger partial charge in [-0.05, 0) is 20.3 Å². The van der Waals surface area contributed by atoms with E-state index in [-0.39, 0.29) is 17.6 Å². The summed E-state index contributed by atoms with van der Waals surface area (Å²) < 4.78 is 1.52. The van der Waals surface area contributed by atoms with Crippen LogP contribution >= 0.6 is 22.9 Å². The van der Waals surface area contributed by atoms with Crippen molar-refractivity contribution in [2.45, 2.75) is 33.2 Å². The van der Waals surface area contributed by atoms with E-state index in [1.807, 2.05) is 20.8 Å². The molecule has 2 aromatic rings. The van der Waals surface area contributed by atoms with Gasteiger partial charge in [-0.15, -0.1) is 11.3 Å². The van der Waals surface area contributed by atoms with Crippen molar-refractivity contribution in [2.75, 3.05) is 0 Å². The first-order chi connectivity index (χ1) is 9.42. The fourth-order valence-corrected chi connectivity index (χ4v) is 3.15. The smallest absolute Gasteiger partial charge is 0.273 e. The second kappa shape index (κ2) is 5.93. The summed E-state index contributed by atoms with van der Waals surface area (Å²) in [6, 6.07) is -0.113. The van der Waals surface area contributed by atoms with Gasteiger partial charge in [0.2, 0.25) is 0 Å². The summed E-state index contributed by atoms with van der Waals surface area (Å²) >= 11 is 7.59. The maximum Gasteiger partial charge on any atom is 0.273 e. The van der Waals surface area contributed by atoms with Crippen LogP contribution in [-0.4, -0.2) is 20.7 Å². The molecule has 1 amide bonds. The molecule has 2 aromatic heterocycles. The number of carbonyl (C=O) groups is 1. The minimum Gasteiger partial charge on any atom is -0.341 e. The van der Waals surface area contributed by atoms with Crippen molar-refractivity contribution in [1.82, 2.24) is 20.1 Å². The molecule has 0 aromatic carbocycles. The van der Waals surface area contributed by atoms with E-state index in [2.05, 4.69) is 15.4 Å². The summed E-state index contributed by atoms with van der Waals surface area (Å²) in [5.74, 6) is -0.270. The Morgan fingerprint density at radius 3 is 2.70 bits per heavy atom.